The lowest BCUT2D eigenvalue weighted by Gasteiger charge is -2.06. The average molecular weight is 336 g/mol. The van der Waals surface area contributed by atoms with E-state index in [-0.39, 0.29) is 0 Å². The van der Waals surface area contributed by atoms with Crippen LogP contribution in [0.4, 0.5) is 0 Å². The van der Waals surface area contributed by atoms with Gasteiger partial charge in [0, 0.05) is 17.1 Å². The first-order valence-electron chi connectivity index (χ1n) is 6.68. The minimum Gasteiger partial charge on any atom is -0.472 e. The monoisotopic (exact) mass is 335 g/mol. The van der Waals surface area contributed by atoms with Crippen molar-refractivity contribution >= 4 is 15.9 Å². The third-order valence-electron chi connectivity index (χ3n) is 2.73. The Balaban J connectivity index is 1.82. The number of nitrogens with one attached hydrogen (secondary N) is 1. The van der Waals surface area contributed by atoms with Crippen molar-refractivity contribution in [2.75, 3.05) is 6.54 Å². The summed E-state index contributed by atoms with van der Waals surface area (Å²) in [6.07, 6.45) is 1.11. The lowest BCUT2D eigenvalue weighted by atomic mass is 10.2. The van der Waals surface area contributed by atoms with Crippen molar-refractivity contribution < 1.29 is 4.74 Å². The maximum Gasteiger partial charge on any atom is 0.233 e. The van der Waals surface area contributed by atoms with Crippen LogP contribution in [0.5, 0.6) is 5.88 Å². The molecule has 5 heteroatoms. The largest absolute Gasteiger partial charge is 0.472 e. The second kappa shape index (κ2) is 7.97. The van der Waals surface area contributed by atoms with Crippen molar-refractivity contribution in [3.05, 3.63) is 52.1 Å². The summed E-state index contributed by atoms with van der Waals surface area (Å²) in [5.41, 5.74) is 2.03. The van der Waals surface area contributed by atoms with Gasteiger partial charge in [0.05, 0.1) is 5.69 Å². The Morgan fingerprint density at radius 3 is 2.55 bits per heavy atom. The van der Waals surface area contributed by atoms with Crippen molar-refractivity contribution in [1.82, 2.24) is 15.5 Å². The molecule has 0 fully saturated rings. The highest BCUT2D eigenvalue weighted by atomic mass is 79.9. The normalized spacial score (nSPS) is 10.5. The van der Waals surface area contributed by atoms with Gasteiger partial charge in [0.25, 0.3) is 0 Å². The minimum atomic E-state index is 0.495. The Hall–Kier alpha value is -1.46. The molecule has 2 aromatic rings. The molecule has 0 radical (unpaired) electrons. The van der Waals surface area contributed by atoms with Crippen LogP contribution in [0.1, 0.15) is 24.6 Å². The van der Waals surface area contributed by atoms with Crippen LogP contribution in [0.15, 0.2) is 40.9 Å². The zero-order valence-corrected chi connectivity index (χ0v) is 13.1. The second-order valence-electron chi connectivity index (χ2n) is 4.45. The predicted octanol–water partition coefficient (Wildman–Crippen LogP) is 3.32. The summed E-state index contributed by atoms with van der Waals surface area (Å²) in [6.45, 7) is 4.37. The first-order chi connectivity index (χ1) is 9.78. The number of hydrogen-bond donors (Lipinski definition) is 1. The number of rotatable bonds is 7. The number of benzene rings is 1. The molecule has 106 valence electrons. The maximum absolute atomic E-state index is 5.60. The van der Waals surface area contributed by atoms with E-state index in [0.29, 0.717) is 12.5 Å². The Morgan fingerprint density at radius 1 is 1.10 bits per heavy atom. The van der Waals surface area contributed by atoms with E-state index in [9.17, 15) is 0 Å². The number of hydrogen-bond acceptors (Lipinski definition) is 4. The van der Waals surface area contributed by atoms with Gasteiger partial charge in [-0.15, -0.1) is 5.10 Å². The van der Waals surface area contributed by atoms with Crippen molar-refractivity contribution in [3.8, 4) is 5.88 Å². The van der Waals surface area contributed by atoms with Gasteiger partial charge >= 0.3 is 0 Å². The Morgan fingerprint density at radius 2 is 1.90 bits per heavy atom. The molecule has 1 aromatic heterocycles. The fraction of sp³-hybridized carbons (Fsp3) is 0.333. The van der Waals surface area contributed by atoms with E-state index < -0.39 is 0 Å². The van der Waals surface area contributed by atoms with Gasteiger partial charge in [-0.05, 0) is 36.7 Å². The number of halogens is 1. The molecule has 1 aromatic carbocycles. The molecule has 2 rings (SSSR count). The van der Waals surface area contributed by atoms with Crippen LogP contribution < -0.4 is 10.1 Å². The third-order valence-corrected chi connectivity index (χ3v) is 3.26. The summed E-state index contributed by atoms with van der Waals surface area (Å²) >= 11 is 3.41. The zero-order chi connectivity index (χ0) is 14.2. The van der Waals surface area contributed by atoms with Crippen LogP contribution in [-0.4, -0.2) is 16.7 Å². The molecule has 0 aliphatic heterocycles. The highest BCUT2D eigenvalue weighted by Gasteiger charge is 2.00. The van der Waals surface area contributed by atoms with E-state index in [2.05, 4.69) is 38.4 Å². The Labute approximate surface area is 127 Å². The summed E-state index contributed by atoms with van der Waals surface area (Å²) in [7, 11) is 0. The van der Waals surface area contributed by atoms with Crippen molar-refractivity contribution in [2.24, 2.45) is 0 Å². The standard InChI is InChI=1S/C15H18BrN3O/c1-2-9-17-10-14-7-8-15(19-18-14)20-11-12-3-5-13(16)6-4-12/h3-8,17H,2,9-11H2,1H3. The molecule has 0 unspecified atom stereocenters. The molecule has 0 aliphatic rings. The van der Waals surface area contributed by atoms with E-state index >= 15 is 0 Å². The van der Waals surface area contributed by atoms with Crippen LogP contribution in [0.3, 0.4) is 0 Å². The number of aromatic nitrogens is 2. The molecular formula is C15H18BrN3O. The predicted molar refractivity (Wildman–Crippen MR) is 82.5 cm³/mol. The first kappa shape index (κ1) is 14.9. The van der Waals surface area contributed by atoms with Gasteiger partial charge < -0.3 is 10.1 Å². The van der Waals surface area contributed by atoms with Gasteiger partial charge in [-0.3, -0.25) is 0 Å². The summed E-state index contributed by atoms with van der Waals surface area (Å²) in [5.74, 6) is 0.548. The topological polar surface area (TPSA) is 47.0 Å². The van der Waals surface area contributed by atoms with E-state index in [4.69, 9.17) is 4.74 Å². The molecule has 0 bridgehead atoms. The summed E-state index contributed by atoms with van der Waals surface area (Å²) in [4.78, 5) is 0. The van der Waals surface area contributed by atoms with Crippen molar-refractivity contribution in [3.63, 3.8) is 0 Å². The van der Waals surface area contributed by atoms with Crippen LogP contribution in [-0.2, 0) is 13.2 Å². The first-order valence-corrected chi connectivity index (χ1v) is 7.48. The lowest BCUT2D eigenvalue weighted by molar-refractivity contribution is 0.289. The van der Waals surface area contributed by atoms with Gasteiger partial charge in [0.2, 0.25) is 5.88 Å². The second-order valence-corrected chi connectivity index (χ2v) is 5.37. The molecule has 4 nitrogen and oxygen atoms in total. The van der Waals surface area contributed by atoms with Gasteiger partial charge in [-0.2, -0.15) is 5.10 Å². The average Bonchev–Trinajstić information content (AvgIpc) is 2.48. The molecule has 0 aliphatic carbocycles. The Bertz CT molecular complexity index is 514. The maximum atomic E-state index is 5.60. The number of nitrogens with zero attached hydrogens (tertiary/aromatic N) is 2. The van der Waals surface area contributed by atoms with Gasteiger partial charge in [0.15, 0.2) is 0 Å². The molecule has 1 N–H and O–H groups in total. The van der Waals surface area contributed by atoms with E-state index in [1.165, 1.54) is 0 Å². The summed E-state index contributed by atoms with van der Waals surface area (Å²) in [6, 6.07) is 11.8. The third kappa shape index (κ3) is 4.90. The molecule has 1 heterocycles. The summed E-state index contributed by atoms with van der Waals surface area (Å²) in [5, 5.41) is 11.5. The smallest absolute Gasteiger partial charge is 0.233 e. The van der Waals surface area contributed by atoms with Gasteiger partial charge in [-0.1, -0.05) is 35.0 Å². The molecule has 0 atom stereocenters. The SMILES string of the molecule is CCCNCc1ccc(OCc2ccc(Br)cc2)nn1. The van der Waals surface area contributed by atoms with Crippen molar-refractivity contribution in [2.45, 2.75) is 26.5 Å². The minimum absolute atomic E-state index is 0.495. The fourth-order valence-corrected chi connectivity index (χ4v) is 1.91. The molecule has 0 spiro atoms. The van der Waals surface area contributed by atoms with Crippen LogP contribution in [0.25, 0.3) is 0 Å². The van der Waals surface area contributed by atoms with Gasteiger partial charge in [-0.25, -0.2) is 0 Å². The highest BCUT2D eigenvalue weighted by Crippen LogP contribution is 2.13. The molecule has 20 heavy (non-hydrogen) atoms. The van der Waals surface area contributed by atoms with E-state index in [1.807, 2.05) is 36.4 Å². The van der Waals surface area contributed by atoms with Gasteiger partial charge in [0.1, 0.15) is 6.61 Å². The van der Waals surface area contributed by atoms with E-state index in [0.717, 1.165) is 35.2 Å². The zero-order valence-electron chi connectivity index (χ0n) is 11.5. The molecule has 0 amide bonds. The molecule has 0 saturated carbocycles. The van der Waals surface area contributed by atoms with Crippen molar-refractivity contribution in [1.29, 1.82) is 0 Å². The Kier molecular flexibility index (Phi) is 5.95. The van der Waals surface area contributed by atoms with E-state index in [1.54, 1.807) is 0 Å². The quantitative estimate of drug-likeness (QED) is 0.788. The fourth-order valence-electron chi connectivity index (χ4n) is 1.65. The molecule has 0 saturated heterocycles. The number of ether oxygens (including phenoxy) is 1. The molecular weight excluding hydrogens is 318 g/mol. The lowest BCUT2D eigenvalue weighted by Crippen LogP contribution is -2.15. The van der Waals surface area contributed by atoms with Crippen LogP contribution >= 0.6 is 15.9 Å². The highest BCUT2D eigenvalue weighted by molar-refractivity contribution is 9.10. The van der Waals surface area contributed by atoms with Crippen LogP contribution in [0, 0.1) is 0 Å². The summed E-state index contributed by atoms with van der Waals surface area (Å²) < 4.78 is 6.66. The van der Waals surface area contributed by atoms with Crippen LogP contribution in [0.2, 0.25) is 0 Å².